The summed E-state index contributed by atoms with van der Waals surface area (Å²) in [5.74, 6) is 0. The van der Waals surface area contributed by atoms with Crippen LogP contribution in [0.4, 0.5) is 5.69 Å². The summed E-state index contributed by atoms with van der Waals surface area (Å²) in [4.78, 5) is 16.3. The number of nitro benzene ring substituents is 1. The highest BCUT2D eigenvalue weighted by Gasteiger charge is 2.50. The van der Waals surface area contributed by atoms with Crippen molar-refractivity contribution in [1.29, 1.82) is 0 Å². The van der Waals surface area contributed by atoms with Gasteiger partial charge in [0.25, 0.3) is 5.69 Å². The summed E-state index contributed by atoms with van der Waals surface area (Å²) in [6.07, 6.45) is -2.91. The average molecular weight is 604 g/mol. The molecular weight excluding hydrogens is 555 g/mol. The van der Waals surface area contributed by atoms with Crippen molar-refractivity contribution in [3.63, 3.8) is 0 Å². The molecule has 0 spiro atoms. The first-order valence-corrected chi connectivity index (χ1v) is 26.8. The maximum Gasteiger partial charge on any atom is 0.269 e. The Morgan fingerprint density at radius 1 is 0.921 bits per heavy atom. The predicted octanol–water partition coefficient (Wildman–Crippen LogP) is 6.75. The summed E-state index contributed by atoms with van der Waals surface area (Å²) in [6.45, 7) is 25.3. The van der Waals surface area contributed by atoms with E-state index in [2.05, 4.69) is 64.1 Å². The number of nitro groups is 1. The predicted molar refractivity (Wildman–Crippen MR) is 163 cm³/mol. The summed E-state index contributed by atoms with van der Waals surface area (Å²) in [5.41, 5.74) is 1.15. The highest BCUT2D eigenvalue weighted by Crippen LogP contribution is 2.34. The number of hydrogen-bond acceptors (Lipinski definition) is 8. The van der Waals surface area contributed by atoms with Gasteiger partial charge in [0.2, 0.25) is 0 Å². The maximum atomic E-state index is 11.0. The molecule has 2 rings (SSSR count). The van der Waals surface area contributed by atoms with E-state index in [0.29, 0.717) is 12.1 Å². The Balaban J connectivity index is 2.58. The molecule has 0 radical (unpaired) electrons. The molecule has 9 nitrogen and oxygen atoms in total. The summed E-state index contributed by atoms with van der Waals surface area (Å²) in [7, 11) is -8.57. The molecule has 1 aromatic rings. The highest BCUT2D eigenvalue weighted by atomic mass is 28.4. The fourth-order valence-corrected chi connectivity index (χ4v) is 8.07. The van der Waals surface area contributed by atoms with Crippen molar-refractivity contribution < 1.29 is 28.8 Å². The Kier molecular flexibility index (Phi) is 10.3. The van der Waals surface area contributed by atoms with Crippen LogP contribution in [0.25, 0.3) is 0 Å². The van der Waals surface area contributed by atoms with E-state index in [9.17, 15) is 11.5 Å². The van der Waals surface area contributed by atoms with Gasteiger partial charge in [-0.2, -0.15) is 0 Å². The van der Waals surface area contributed by atoms with Gasteiger partial charge in [0, 0.05) is 18.6 Å². The molecule has 0 bridgehead atoms. The number of hydrogen-bond donors (Lipinski definition) is 0. The molecule has 1 fully saturated rings. The van der Waals surface area contributed by atoms with Gasteiger partial charge < -0.3 is 22.5 Å². The van der Waals surface area contributed by atoms with Gasteiger partial charge in [0.1, 0.15) is 18.8 Å². The molecular formula is C25H48N2O7Si4. The minimum absolute atomic E-state index is 0.0113. The summed E-state index contributed by atoms with van der Waals surface area (Å²) in [5, 5.41) is 15.5. The van der Waals surface area contributed by atoms with Crippen molar-refractivity contribution >= 4 is 44.7 Å². The van der Waals surface area contributed by atoms with Crippen LogP contribution < -0.4 is 0 Å². The fraction of sp³-hybridized carbons (Fsp3) is 0.720. The van der Waals surface area contributed by atoms with Gasteiger partial charge in [-0.05, 0) is 96.3 Å². The van der Waals surface area contributed by atoms with Gasteiger partial charge in [-0.15, -0.1) is 0 Å². The van der Waals surface area contributed by atoms with Crippen molar-refractivity contribution in [2.75, 3.05) is 0 Å². The van der Waals surface area contributed by atoms with Crippen LogP contribution in [0.2, 0.25) is 78.6 Å². The van der Waals surface area contributed by atoms with Crippen molar-refractivity contribution in [2.45, 2.75) is 116 Å². The van der Waals surface area contributed by atoms with E-state index in [1.54, 1.807) is 12.1 Å². The number of non-ortho nitro benzene ring substituents is 1. The van der Waals surface area contributed by atoms with Crippen molar-refractivity contribution in [1.82, 2.24) is 0 Å². The van der Waals surface area contributed by atoms with Gasteiger partial charge in [0.15, 0.2) is 33.3 Å². The van der Waals surface area contributed by atoms with Gasteiger partial charge in [-0.1, -0.05) is 5.16 Å². The third-order valence-corrected chi connectivity index (χ3v) is 8.83. The Morgan fingerprint density at radius 3 is 1.89 bits per heavy atom. The van der Waals surface area contributed by atoms with Crippen LogP contribution in [0.5, 0.6) is 0 Å². The molecule has 4 atom stereocenters. The molecule has 1 unspecified atom stereocenters. The molecule has 1 aliphatic rings. The summed E-state index contributed by atoms with van der Waals surface area (Å²) in [6, 6.07) is 6.14. The monoisotopic (exact) mass is 603 g/mol. The lowest BCUT2D eigenvalue weighted by Gasteiger charge is -2.49. The molecule has 0 amide bonds. The number of rotatable bonds is 12. The third-order valence-electron chi connectivity index (χ3n) is 5.05. The van der Waals surface area contributed by atoms with E-state index < -0.39 is 56.5 Å². The van der Waals surface area contributed by atoms with Crippen LogP contribution in [-0.2, 0) is 29.1 Å². The van der Waals surface area contributed by atoms with E-state index >= 15 is 0 Å². The molecule has 0 N–H and O–H groups in total. The third kappa shape index (κ3) is 11.5. The first-order valence-electron chi connectivity index (χ1n) is 13.7. The lowest BCUT2D eigenvalue weighted by Crippen LogP contribution is -2.64. The first kappa shape index (κ1) is 31.3. The molecule has 1 aliphatic carbocycles. The quantitative estimate of drug-likeness (QED) is 0.113. The van der Waals surface area contributed by atoms with Crippen LogP contribution in [0.3, 0.4) is 0 Å². The van der Waals surface area contributed by atoms with Crippen molar-refractivity contribution in [2.24, 2.45) is 5.16 Å². The van der Waals surface area contributed by atoms with Crippen molar-refractivity contribution in [3.8, 4) is 0 Å². The van der Waals surface area contributed by atoms with Crippen LogP contribution in [0.15, 0.2) is 29.4 Å². The standard InChI is InChI=1S/C25H48N2O7Si4/c1-35(2,3)31-22-17-21(26-30-18-19-13-15-20(16-14-19)27(28)29)23(32-36(4,5)6)25(34-38(10,11)12)24(22)33-37(7,8)9/h13-16,22-25H,17-18H2,1-12H3/b26-21+/t22-,23?,24+,25+/m1/s1/i23D,34+2. The zero-order chi connectivity index (χ0) is 30.0. The van der Waals surface area contributed by atoms with E-state index in [0.717, 1.165) is 5.56 Å². The largest absolute Gasteiger partial charge is 0.412 e. The normalized spacial score (nSPS) is 26.8. The minimum Gasteiger partial charge on any atom is -0.412 e. The fourth-order valence-electron chi connectivity index (χ4n) is 3.95. The lowest BCUT2D eigenvalue weighted by molar-refractivity contribution is -0.384. The Morgan fingerprint density at radius 2 is 1.45 bits per heavy atom. The molecule has 1 saturated carbocycles. The minimum atomic E-state index is -2.28. The molecule has 38 heavy (non-hydrogen) atoms. The number of nitrogens with zero attached hydrogens (tertiary/aromatic N) is 2. The van der Waals surface area contributed by atoms with E-state index in [1.165, 1.54) is 12.1 Å². The van der Waals surface area contributed by atoms with E-state index in [-0.39, 0.29) is 18.4 Å². The molecule has 0 aliphatic heterocycles. The molecule has 0 aromatic heterocycles. The topological polar surface area (TPSA) is 102 Å². The number of oxime groups is 1. The van der Waals surface area contributed by atoms with Crippen LogP contribution in [0, 0.1) is 10.1 Å². The lowest BCUT2D eigenvalue weighted by atomic mass is 9.89. The maximum absolute atomic E-state index is 11.0. The van der Waals surface area contributed by atoms with E-state index in [4.69, 9.17) is 22.5 Å². The Bertz CT molecular complexity index is 1020. The summed E-state index contributed by atoms with van der Waals surface area (Å²) < 4.78 is 36.6. The smallest absolute Gasteiger partial charge is 0.269 e. The second-order valence-corrected chi connectivity index (χ2v) is 31.4. The van der Waals surface area contributed by atoms with Crippen LogP contribution in [-0.4, -0.2) is 68.3 Å². The van der Waals surface area contributed by atoms with E-state index in [1.807, 2.05) is 19.6 Å². The second-order valence-electron chi connectivity index (χ2n) is 13.6. The molecule has 1 aromatic carbocycles. The van der Waals surface area contributed by atoms with Gasteiger partial charge in [-0.3, -0.25) is 10.1 Å². The van der Waals surface area contributed by atoms with Crippen LogP contribution >= 0.6 is 0 Å². The number of benzene rings is 1. The molecule has 0 saturated heterocycles. The zero-order valence-electron chi connectivity index (χ0n) is 26.2. The average Bonchev–Trinajstić information content (AvgIpc) is 2.70. The Labute approximate surface area is 234 Å². The van der Waals surface area contributed by atoms with Crippen molar-refractivity contribution in [3.05, 3.63) is 39.9 Å². The second kappa shape index (κ2) is 12.5. The highest BCUT2D eigenvalue weighted by molar-refractivity contribution is 6.71. The van der Waals surface area contributed by atoms with Gasteiger partial charge in [0.05, 0.1) is 24.2 Å². The Hall–Kier alpha value is -1.20. The SMILES string of the molecule is [2H]C1(O[Si](C)(C)C)/C(=N/OCc2ccc([N+](=O)[O-])cc2)C[C@@H](O[Si](C)(C)C)[C@H](O[Si](C)(C)C)[C@H]1[18O][Si](C)(C)C. The molecule has 216 valence electrons. The zero-order valence-corrected chi connectivity index (χ0v) is 29.2. The van der Waals surface area contributed by atoms with Gasteiger partial charge >= 0.3 is 0 Å². The summed E-state index contributed by atoms with van der Waals surface area (Å²) >= 11 is 0. The molecule has 13 heteroatoms. The van der Waals surface area contributed by atoms with Gasteiger partial charge in [-0.25, -0.2) is 0 Å². The molecule has 0 heterocycles. The first-order chi connectivity index (χ1) is 17.5. The van der Waals surface area contributed by atoms with Crippen LogP contribution in [0.1, 0.15) is 13.4 Å².